The van der Waals surface area contributed by atoms with Crippen LogP contribution in [0, 0.1) is 11.7 Å². The van der Waals surface area contributed by atoms with E-state index in [0.29, 0.717) is 25.4 Å². The van der Waals surface area contributed by atoms with E-state index in [1.807, 2.05) is 4.90 Å². The maximum absolute atomic E-state index is 13.0. The van der Waals surface area contributed by atoms with E-state index in [1.165, 1.54) is 12.1 Å². The molecular formula is C18H25FN2O3. The second kappa shape index (κ2) is 7.49. The Kier molecular flexibility index (Phi) is 5.36. The predicted octanol–water partition coefficient (Wildman–Crippen LogP) is 1.82. The van der Waals surface area contributed by atoms with Gasteiger partial charge in [0.2, 0.25) is 5.91 Å². The molecule has 6 heteroatoms. The van der Waals surface area contributed by atoms with Gasteiger partial charge in [0.05, 0.1) is 6.54 Å². The van der Waals surface area contributed by atoms with E-state index >= 15 is 0 Å². The van der Waals surface area contributed by atoms with Gasteiger partial charge in [0, 0.05) is 19.6 Å². The summed E-state index contributed by atoms with van der Waals surface area (Å²) in [6, 6.07) is 5.95. The summed E-state index contributed by atoms with van der Waals surface area (Å²) in [5.41, 5.74) is -0.489. The van der Waals surface area contributed by atoms with E-state index in [9.17, 15) is 9.18 Å². The van der Waals surface area contributed by atoms with Gasteiger partial charge in [-0.15, -0.1) is 0 Å². The summed E-state index contributed by atoms with van der Waals surface area (Å²) in [4.78, 5) is 14.6. The van der Waals surface area contributed by atoms with Crippen molar-refractivity contribution >= 4 is 5.91 Å². The zero-order valence-corrected chi connectivity index (χ0v) is 14.1. The molecule has 2 heterocycles. The van der Waals surface area contributed by atoms with E-state index in [-0.39, 0.29) is 17.6 Å². The average Bonchev–Trinajstić information content (AvgIpc) is 3.06. The molecule has 2 saturated heterocycles. The molecule has 1 N–H and O–H groups in total. The Morgan fingerprint density at radius 2 is 2.04 bits per heavy atom. The number of benzene rings is 1. The average molecular weight is 336 g/mol. The summed E-state index contributed by atoms with van der Waals surface area (Å²) < 4.78 is 24.4. The van der Waals surface area contributed by atoms with Crippen molar-refractivity contribution in [1.82, 2.24) is 10.2 Å². The summed E-state index contributed by atoms with van der Waals surface area (Å²) in [6.07, 6.45) is 2.56. The van der Waals surface area contributed by atoms with Crippen LogP contribution >= 0.6 is 0 Å². The molecule has 3 rings (SSSR count). The molecule has 132 valence electrons. The minimum atomic E-state index is -0.489. The van der Waals surface area contributed by atoms with Crippen LogP contribution < -0.4 is 10.1 Å². The number of halogens is 1. The lowest BCUT2D eigenvalue weighted by atomic mass is 9.96. The largest absolute Gasteiger partial charge is 0.491 e. The fourth-order valence-electron chi connectivity index (χ4n) is 3.45. The fourth-order valence-corrected chi connectivity index (χ4v) is 3.45. The number of methoxy groups -OCH3 is 1. The lowest BCUT2D eigenvalue weighted by molar-refractivity contribution is -0.136. The van der Waals surface area contributed by atoms with Crippen molar-refractivity contribution in [2.45, 2.75) is 24.9 Å². The molecule has 24 heavy (non-hydrogen) atoms. The molecule has 0 saturated carbocycles. The molecule has 1 amide bonds. The monoisotopic (exact) mass is 336 g/mol. The highest BCUT2D eigenvalue weighted by Gasteiger charge is 2.42. The first kappa shape index (κ1) is 17.2. The van der Waals surface area contributed by atoms with E-state index in [1.54, 1.807) is 19.2 Å². The maximum Gasteiger partial charge on any atom is 0.225 e. The Balaban J connectivity index is 1.57. The van der Waals surface area contributed by atoms with Gasteiger partial charge in [-0.05, 0) is 56.6 Å². The molecule has 2 aliphatic rings. The molecule has 1 aromatic rings. The number of hydrogen-bond donors (Lipinski definition) is 1. The van der Waals surface area contributed by atoms with Crippen molar-refractivity contribution in [3.8, 4) is 5.75 Å². The van der Waals surface area contributed by atoms with Crippen LogP contribution in [-0.2, 0) is 9.53 Å². The van der Waals surface area contributed by atoms with Crippen molar-refractivity contribution in [1.29, 1.82) is 0 Å². The fraction of sp³-hybridized carbons (Fsp3) is 0.611. The van der Waals surface area contributed by atoms with Crippen LogP contribution in [0.3, 0.4) is 0 Å². The number of nitrogens with zero attached hydrogens (tertiary/aromatic N) is 1. The second-order valence-corrected chi connectivity index (χ2v) is 6.66. The quantitative estimate of drug-likeness (QED) is 0.891. The van der Waals surface area contributed by atoms with Gasteiger partial charge in [0.1, 0.15) is 23.8 Å². The first-order valence-electron chi connectivity index (χ1n) is 8.55. The smallest absolute Gasteiger partial charge is 0.225 e. The molecule has 0 radical (unpaired) electrons. The Bertz CT molecular complexity index is 560. The Morgan fingerprint density at radius 3 is 2.71 bits per heavy atom. The SMILES string of the molecule is CO[C@@]1(COc2ccc(F)cc2)CCN(C(=O)C2CCNCC2)C1. The van der Waals surface area contributed by atoms with Crippen molar-refractivity contribution in [3.63, 3.8) is 0 Å². The van der Waals surface area contributed by atoms with Crippen LogP contribution in [0.25, 0.3) is 0 Å². The molecule has 5 nitrogen and oxygen atoms in total. The predicted molar refractivity (Wildman–Crippen MR) is 88.4 cm³/mol. The molecule has 0 spiro atoms. The molecule has 0 aliphatic carbocycles. The summed E-state index contributed by atoms with van der Waals surface area (Å²) in [5.74, 6) is 0.675. The molecular weight excluding hydrogens is 311 g/mol. The van der Waals surface area contributed by atoms with E-state index in [4.69, 9.17) is 9.47 Å². The van der Waals surface area contributed by atoms with Crippen LogP contribution in [0.5, 0.6) is 5.75 Å². The normalized spacial score (nSPS) is 25.0. The third-order valence-electron chi connectivity index (χ3n) is 5.06. The number of hydrogen-bond acceptors (Lipinski definition) is 4. The Labute approximate surface area is 142 Å². The maximum atomic E-state index is 13.0. The minimum Gasteiger partial charge on any atom is -0.491 e. The third-order valence-corrected chi connectivity index (χ3v) is 5.06. The van der Waals surface area contributed by atoms with Crippen molar-refractivity contribution in [2.24, 2.45) is 5.92 Å². The Hall–Kier alpha value is -1.66. The van der Waals surface area contributed by atoms with Gasteiger partial charge in [-0.1, -0.05) is 0 Å². The number of likely N-dealkylation sites (tertiary alicyclic amines) is 1. The highest BCUT2D eigenvalue weighted by molar-refractivity contribution is 5.79. The van der Waals surface area contributed by atoms with Gasteiger partial charge in [-0.25, -0.2) is 4.39 Å². The van der Waals surface area contributed by atoms with Gasteiger partial charge < -0.3 is 19.7 Å². The van der Waals surface area contributed by atoms with Gasteiger partial charge in [0.15, 0.2) is 0 Å². The highest BCUT2D eigenvalue weighted by Crippen LogP contribution is 2.28. The van der Waals surface area contributed by atoms with Crippen LogP contribution in [0.4, 0.5) is 4.39 Å². The van der Waals surface area contributed by atoms with Crippen LogP contribution in [0.2, 0.25) is 0 Å². The van der Waals surface area contributed by atoms with E-state index in [2.05, 4.69) is 5.32 Å². The number of ether oxygens (including phenoxy) is 2. The lowest BCUT2D eigenvalue weighted by Crippen LogP contribution is -2.45. The van der Waals surface area contributed by atoms with E-state index < -0.39 is 5.60 Å². The van der Waals surface area contributed by atoms with Crippen LogP contribution in [0.1, 0.15) is 19.3 Å². The van der Waals surface area contributed by atoms with Crippen molar-refractivity contribution < 1.29 is 18.7 Å². The Morgan fingerprint density at radius 1 is 1.33 bits per heavy atom. The molecule has 0 unspecified atom stereocenters. The minimum absolute atomic E-state index is 0.122. The molecule has 1 atom stereocenters. The van der Waals surface area contributed by atoms with E-state index in [0.717, 1.165) is 32.4 Å². The molecule has 2 fully saturated rings. The van der Waals surface area contributed by atoms with Crippen molar-refractivity contribution in [2.75, 3.05) is 39.9 Å². The van der Waals surface area contributed by atoms with Crippen molar-refractivity contribution in [3.05, 3.63) is 30.1 Å². The van der Waals surface area contributed by atoms with Gasteiger partial charge in [-0.3, -0.25) is 4.79 Å². The highest BCUT2D eigenvalue weighted by atomic mass is 19.1. The summed E-state index contributed by atoms with van der Waals surface area (Å²) in [7, 11) is 1.66. The third kappa shape index (κ3) is 3.87. The zero-order valence-electron chi connectivity index (χ0n) is 14.1. The number of nitrogens with one attached hydrogen (secondary N) is 1. The molecule has 1 aromatic carbocycles. The van der Waals surface area contributed by atoms with Gasteiger partial charge in [0.25, 0.3) is 0 Å². The summed E-state index contributed by atoms with van der Waals surface area (Å²) in [5, 5.41) is 3.29. The lowest BCUT2D eigenvalue weighted by Gasteiger charge is -2.30. The number of carbonyl (C=O) groups excluding carboxylic acids is 1. The van der Waals surface area contributed by atoms with Gasteiger partial charge in [-0.2, -0.15) is 0 Å². The van der Waals surface area contributed by atoms with Gasteiger partial charge >= 0.3 is 0 Å². The van der Waals surface area contributed by atoms with Crippen LogP contribution in [0.15, 0.2) is 24.3 Å². The van der Waals surface area contributed by atoms with Crippen LogP contribution in [-0.4, -0.2) is 56.3 Å². The summed E-state index contributed by atoms with van der Waals surface area (Å²) in [6.45, 7) is 3.42. The number of amides is 1. The second-order valence-electron chi connectivity index (χ2n) is 6.66. The zero-order chi connectivity index (χ0) is 17.0. The standard InChI is InChI=1S/C18H25FN2O3/c1-23-18(13-24-16-4-2-15(19)3-5-16)8-11-21(12-18)17(22)14-6-9-20-10-7-14/h2-5,14,20H,6-13H2,1H3/t18-/m0/s1. The first-order valence-corrected chi connectivity index (χ1v) is 8.55. The number of piperidine rings is 1. The molecule has 0 bridgehead atoms. The number of rotatable bonds is 5. The number of carbonyl (C=O) groups is 1. The first-order chi connectivity index (χ1) is 11.6. The topological polar surface area (TPSA) is 50.8 Å². The molecule has 2 aliphatic heterocycles. The molecule has 0 aromatic heterocycles. The summed E-state index contributed by atoms with van der Waals surface area (Å²) >= 11 is 0.